The van der Waals surface area contributed by atoms with E-state index in [-0.39, 0.29) is 17.9 Å². The molecular formula is C10H16N2O2. The lowest BCUT2D eigenvalue weighted by atomic mass is 10.1. The first-order chi connectivity index (χ1) is 6.65. The standard InChI is InChI=1S/C10H16N2O2/c1-7(6-11)10(13)12-8(2)9-4-3-5-14-9/h3-5,7-8H,6,11H2,1-2H3,(H,12,13). The molecule has 2 unspecified atom stereocenters. The topological polar surface area (TPSA) is 68.3 Å². The van der Waals surface area contributed by atoms with Gasteiger partial charge < -0.3 is 15.5 Å². The molecule has 1 amide bonds. The molecule has 0 saturated carbocycles. The number of carbonyl (C=O) groups is 1. The lowest BCUT2D eigenvalue weighted by Crippen LogP contribution is -2.34. The predicted molar refractivity (Wildman–Crippen MR) is 53.5 cm³/mol. The van der Waals surface area contributed by atoms with E-state index in [2.05, 4.69) is 5.32 Å². The van der Waals surface area contributed by atoms with Gasteiger partial charge in [-0.3, -0.25) is 4.79 Å². The van der Waals surface area contributed by atoms with Crippen LogP contribution in [0.2, 0.25) is 0 Å². The Kier molecular flexibility index (Phi) is 3.71. The fraction of sp³-hybridized carbons (Fsp3) is 0.500. The van der Waals surface area contributed by atoms with Crippen LogP contribution >= 0.6 is 0 Å². The van der Waals surface area contributed by atoms with Crippen LogP contribution in [0.25, 0.3) is 0 Å². The molecule has 1 aromatic rings. The second kappa shape index (κ2) is 4.81. The summed E-state index contributed by atoms with van der Waals surface area (Å²) in [5, 5.41) is 2.82. The first-order valence-corrected chi connectivity index (χ1v) is 4.69. The molecule has 0 fully saturated rings. The highest BCUT2D eigenvalue weighted by Gasteiger charge is 2.15. The summed E-state index contributed by atoms with van der Waals surface area (Å²) in [4.78, 5) is 11.4. The minimum Gasteiger partial charge on any atom is -0.467 e. The molecular weight excluding hydrogens is 180 g/mol. The third-order valence-corrected chi connectivity index (χ3v) is 2.13. The van der Waals surface area contributed by atoms with Crippen molar-refractivity contribution in [3.63, 3.8) is 0 Å². The number of nitrogens with two attached hydrogens (primary N) is 1. The largest absolute Gasteiger partial charge is 0.467 e. The van der Waals surface area contributed by atoms with Gasteiger partial charge in [0.1, 0.15) is 5.76 Å². The average molecular weight is 196 g/mol. The number of furan rings is 1. The number of amides is 1. The van der Waals surface area contributed by atoms with E-state index in [1.54, 1.807) is 19.3 Å². The van der Waals surface area contributed by atoms with E-state index in [4.69, 9.17) is 10.2 Å². The molecule has 4 nitrogen and oxygen atoms in total. The SMILES string of the molecule is CC(CN)C(=O)NC(C)c1ccco1. The van der Waals surface area contributed by atoms with Gasteiger partial charge >= 0.3 is 0 Å². The van der Waals surface area contributed by atoms with Crippen molar-refractivity contribution < 1.29 is 9.21 Å². The molecule has 1 aromatic heterocycles. The van der Waals surface area contributed by atoms with E-state index in [9.17, 15) is 4.79 Å². The van der Waals surface area contributed by atoms with E-state index >= 15 is 0 Å². The Balaban J connectivity index is 2.49. The van der Waals surface area contributed by atoms with E-state index in [1.807, 2.05) is 13.0 Å². The highest BCUT2D eigenvalue weighted by molar-refractivity contribution is 5.78. The number of nitrogens with one attached hydrogen (secondary N) is 1. The Bertz CT molecular complexity index is 282. The normalized spacial score (nSPS) is 14.8. The van der Waals surface area contributed by atoms with Crippen LogP contribution in [0.5, 0.6) is 0 Å². The van der Waals surface area contributed by atoms with Gasteiger partial charge in [-0.25, -0.2) is 0 Å². The third-order valence-electron chi connectivity index (χ3n) is 2.13. The van der Waals surface area contributed by atoms with E-state index < -0.39 is 0 Å². The second-order valence-electron chi connectivity index (χ2n) is 3.38. The van der Waals surface area contributed by atoms with Crippen LogP contribution in [0.15, 0.2) is 22.8 Å². The van der Waals surface area contributed by atoms with E-state index in [0.29, 0.717) is 6.54 Å². The van der Waals surface area contributed by atoms with Crippen LogP contribution in [-0.4, -0.2) is 12.5 Å². The Morgan fingerprint density at radius 3 is 2.86 bits per heavy atom. The lowest BCUT2D eigenvalue weighted by Gasteiger charge is -2.14. The quantitative estimate of drug-likeness (QED) is 0.756. The van der Waals surface area contributed by atoms with Crippen molar-refractivity contribution in [1.82, 2.24) is 5.32 Å². The van der Waals surface area contributed by atoms with Gasteiger partial charge in [0.25, 0.3) is 0 Å². The molecule has 0 aliphatic carbocycles. The van der Waals surface area contributed by atoms with Crippen LogP contribution in [0, 0.1) is 5.92 Å². The molecule has 1 heterocycles. The maximum Gasteiger partial charge on any atom is 0.224 e. The highest BCUT2D eigenvalue weighted by atomic mass is 16.3. The number of hydrogen-bond donors (Lipinski definition) is 2. The number of carbonyl (C=O) groups excluding carboxylic acids is 1. The molecule has 78 valence electrons. The molecule has 0 bridgehead atoms. The van der Waals surface area contributed by atoms with E-state index in [0.717, 1.165) is 5.76 Å². The summed E-state index contributed by atoms with van der Waals surface area (Å²) in [7, 11) is 0. The van der Waals surface area contributed by atoms with Gasteiger partial charge in [-0.15, -0.1) is 0 Å². The number of hydrogen-bond acceptors (Lipinski definition) is 3. The zero-order valence-corrected chi connectivity index (χ0v) is 8.49. The molecule has 4 heteroatoms. The molecule has 14 heavy (non-hydrogen) atoms. The maximum absolute atomic E-state index is 11.4. The third kappa shape index (κ3) is 2.60. The van der Waals surface area contributed by atoms with Gasteiger partial charge in [0.2, 0.25) is 5.91 Å². The predicted octanol–water partition coefficient (Wildman–Crippen LogP) is 1.05. The minimum atomic E-state index is -0.160. The Morgan fingerprint density at radius 1 is 1.64 bits per heavy atom. The summed E-state index contributed by atoms with van der Waals surface area (Å²) in [6.45, 7) is 4.03. The zero-order chi connectivity index (χ0) is 10.6. The molecule has 0 spiro atoms. The zero-order valence-electron chi connectivity index (χ0n) is 8.49. The van der Waals surface area contributed by atoms with Crippen molar-refractivity contribution in [2.75, 3.05) is 6.54 Å². The monoisotopic (exact) mass is 196 g/mol. The average Bonchev–Trinajstić information content (AvgIpc) is 2.69. The molecule has 0 aliphatic heterocycles. The van der Waals surface area contributed by atoms with Crippen molar-refractivity contribution >= 4 is 5.91 Å². The van der Waals surface area contributed by atoms with Crippen molar-refractivity contribution in [2.45, 2.75) is 19.9 Å². The summed E-state index contributed by atoms with van der Waals surface area (Å²) < 4.78 is 5.16. The molecule has 2 atom stereocenters. The fourth-order valence-corrected chi connectivity index (χ4v) is 1.07. The highest BCUT2D eigenvalue weighted by Crippen LogP contribution is 2.12. The Labute approximate surface area is 83.5 Å². The summed E-state index contributed by atoms with van der Waals surface area (Å²) in [6, 6.07) is 3.52. The summed E-state index contributed by atoms with van der Waals surface area (Å²) in [5.41, 5.74) is 5.38. The van der Waals surface area contributed by atoms with Gasteiger partial charge in [0.05, 0.1) is 12.3 Å². The van der Waals surface area contributed by atoms with Crippen LogP contribution in [0.4, 0.5) is 0 Å². The van der Waals surface area contributed by atoms with Gasteiger partial charge in [0, 0.05) is 12.5 Å². The first-order valence-electron chi connectivity index (χ1n) is 4.69. The molecule has 0 saturated heterocycles. The molecule has 0 radical (unpaired) electrons. The van der Waals surface area contributed by atoms with Gasteiger partial charge in [-0.05, 0) is 19.1 Å². The smallest absolute Gasteiger partial charge is 0.224 e. The Hall–Kier alpha value is -1.29. The minimum absolute atomic E-state index is 0.0450. The van der Waals surface area contributed by atoms with Crippen LogP contribution in [-0.2, 0) is 4.79 Å². The Morgan fingerprint density at radius 2 is 2.36 bits per heavy atom. The van der Waals surface area contributed by atoms with Crippen LogP contribution in [0.1, 0.15) is 25.6 Å². The number of rotatable bonds is 4. The van der Waals surface area contributed by atoms with Crippen molar-refractivity contribution in [3.05, 3.63) is 24.2 Å². The van der Waals surface area contributed by atoms with Gasteiger partial charge in [0.15, 0.2) is 0 Å². The van der Waals surface area contributed by atoms with Gasteiger partial charge in [-0.2, -0.15) is 0 Å². The molecule has 3 N–H and O–H groups in total. The van der Waals surface area contributed by atoms with Crippen LogP contribution in [0.3, 0.4) is 0 Å². The van der Waals surface area contributed by atoms with E-state index in [1.165, 1.54) is 0 Å². The van der Waals surface area contributed by atoms with Crippen molar-refractivity contribution in [3.8, 4) is 0 Å². The fourth-order valence-electron chi connectivity index (χ4n) is 1.07. The van der Waals surface area contributed by atoms with Crippen molar-refractivity contribution in [2.24, 2.45) is 11.7 Å². The first kappa shape index (κ1) is 10.8. The summed E-state index contributed by atoms with van der Waals surface area (Å²) >= 11 is 0. The lowest BCUT2D eigenvalue weighted by molar-refractivity contribution is -0.125. The molecule has 1 rings (SSSR count). The summed E-state index contributed by atoms with van der Waals surface area (Å²) in [6.07, 6.45) is 1.59. The van der Waals surface area contributed by atoms with Crippen LogP contribution < -0.4 is 11.1 Å². The molecule has 0 aliphatic rings. The maximum atomic E-state index is 11.4. The second-order valence-corrected chi connectivity index (χ2v) is 3.38. The van der Waals surface area contributed by atoms with Gasteiger partial charge in [-0.1, -0.05) is 6.92 Å². The molecule has 0 aromatic carbocycles. The van der Waals surface area contributed by atoms with Crippen molar-refractivity contribution in [1.29, 1.82) is 0 Å². The summed E-state index contributed by atoms with van der Waals surface area (Å²) in [5.74, 6) is 0.548.